The maximum Gasteiger partial charge on any atom is 0.120 e. The molecule has 4 nitrogen and oxygen atoms in total. The van der Waals surface area contributed by atoms with Crippen molar-refractivity contribution in [2.24, 2.45) is 0 Å². The average Bonchev–Trinajstić information content (AvgIpc) is 3.05. The first-order valence-electron chi connectivity index (χ1n) is 7.74. The molecule has 3 aromatic rings. The third-order valence-corrected chi connectivity index (χ3v) is 3.71. The summed E-state index contributed by atoms with van der Waals surface area (Å²) in [5.74, 6) is 0.801. The first kappa shape index (κ1) is 15.2. The molecule has 4 heteroatoms. The molecule has 3 rings (SSSR count). The quantitative estimate of drug-likeness (QED) is 0.715. The van der Waals surface area contributed by atoms with E-state index in [0.717, 1.165) is 28.1 Å². The summed E-state index contributed by atoms with van der Waals surface area (Å²) in [7, 11) is 0. The number of anilines is 1. The first-order valence-corrected chi connectivity index (χ1v) is 7.74. The van der Waals surface area contributed by atoms with Crippen LogP contribution in [0, 0.1) is 0 Å². The zero-order valence-corrected chi connectivity index (χ0v) is 13.4. The lowest BCUT2D eigenvalue weighted by Crippen LogP contribution is -2.00. The largest absolute Gasteiger partial charge is 0.489 e. The van der Waals surface area contributed by atoms with Gasteiger partial charge in [-0.05, 0) is 37.6 Å². The van der Waals surface area contributed by atoms with Gasteiger partial charge < -0.3 is 10.5 Å². The van der Waals surface area contributed by atoms with E-state index in [-0.39, 0.29) is 0 Å². The van der Waals surface area contributed by atoms with Gasteiger partial charge in [0, 0.05) is 29.1 Å². The summed E-state index contributed by atoms with van der Waals surface area (Å²) in [6.07, 6.45) is 3.85. The molecule has 118 valence electrons. The number of hydrogen-bond donors (Lipinski definition) is 1. The Hall–Kier alpha value is -2.75. The van der Waals surface area contributed by atoms with E-state index in [0.29, 0.717) is 12.6 Å². The molecule has 0 saturated heterocycles. The standard InChI is InChI=1S/C19H21N3O/c1-14(2)22-12-16(11-21-22)18-10-17(8-9-19(18)20)23-13-15-6-4-3-5-7-15/h3-12,14H,13,20H2,1-2H3. The Labute approximate surface area is 136 Å². The molecule has 0 spiro atoms. The van der Waals surface area contributed by atoms with Gasteiger partial charge in [-0.2, -0.15) is 5.10 Å². The highest BCUT2D eigenvalue weighted by atomic mass is 16.5. The number of nitrogens with two attached hydrogens (primary N) is 1. The predicted molar refractivity (Wildman–Crippen MR) is 93.2 cm³/mol. The molecule has 1 aromatic heterocycles. The second-order valence-electron chi connectivity index (χ2n) is 5.83. The van der Waals surface area contributed by atoms with Gasteiger partial charge in [-0.1, -0.05) is 30.3 Å². The van der Waals surface area contributed by atoms with Crippen molar-refractivity contribution >= 4 is 5.69 Å². The highest BCUT2D eigenvalue weighted by molar-refractivity contribution is 5.76. The summed E-state index contributed by atoms with van der Waals surface area (Å²) >= 11 is 0. The van der Waals surface area contributed by atoms with Crippen LogP contribution in [0.15, 0.2) is 60.9 Å². The number of aromatic nitrogens is 2. The van der Waals surface area contributed by atoms with E-state index in [9.17, 15) is 0 Å². The van der Waals surface area contributed by atoms with E-state index in [1.807, 2.05) is 65.6 Å². The van der Waals surface area contributed by atoms with Crippen LogP contribution in [0.5, 0.6) is 5.75 Å². The number of benzene rings is 2. The van der Waals surface area contributed by atoms with Crippen molar-refractivity contribution in [2.75, 3.05) is 5.73 Å². The van der Waals surface area contributed by atoms with Gasteiger partial charge in [0.2, 0.25) is 0 Å². The molecule has 0 amide bonds. The van der Waals surface area contributed by atoms with Crippen molar-refractivity contribution in [1.29, 1.82) is 0 Å². The molecular weight excluding hydrogens is 286 g/mol. The summed E-state index contributed by atoms with van der Waals surface area (Å²) in [4.78, 5) is 0. The number of hydrogen-bond acceptors (Lipinski definition) is 3. The Balaban J connectivity index is 1.81. The van der Waals surface area contributed by atoms with Crippen LogP contribution in [-0.4, -0.2) is 9.78 Å². The normalized spacial score (nSPS) is 10.9. The Morgan fingerprint density at radius 1 is 1.13 bits per heavy atom. The van der Waals surface area contributed by atoms with Crippen LogP contribution in [0.4, 0.5) is 5.69 Å². The third-order valence-electron chi connectivity index (χ3n) is 3.71. The van der Waals surface area contributed by atoms with Crippen LogP contribution in [0.1, 0.15) is 25.5 Å². The Bertz CT molecular complexity index is 778. The topological polar surface area (TPSA) is 53.1 Å². The van der Waals surface area contributed by atoms with Crippen LogP contribution in [0.2, 0.25) is 0 Å². The second kappa shape index (κ2) is 6.57. The fourth-order valence-electron chi connectivity index (χ4n) is 2.38. The molecule has 0 radical (unpaired) electrons. The molecule has 0 saturated carbocycles. The van der Waals surface area contributed by atoms with Crippen LogP contribution in [0.25, 0.3) is 11.1 Å². The van der Waals surface area contributed by atoms with E-state index < -0.39 is 0 Å². The molecule has 0 unspecified atom stereocenters. The van der Waals surface area contributed by atoms with Gasteiger partial charge in [-0.25, -0.2) is 0 Å². The van der Waals surface area contributed by atoms with Gasteiger partial charge in [0.15, 0.2) is 0 Å². The van der Waals surface area contributed by atoms with Crippen molar-refractivity contribution in [3.8, 4) is 16.9 Å². The van der Waals surface area contributed by atoms with E-state index in [4.69, 9.17) is 10.5 Å². The smallest absolute Gasteiger partial charge is 0.120 e. The van der Waals surface area contributed by atoms with Crippen LogP contribution in [-0.2, 0) is 6.61 Å². The van der Waals surface area contributed by atoms with Crippen molar-refractivity contribution in [1.82, 2.24) is 9.78 Å². The van der Waals surface area contributed by atoms with Gasteiger partial charge in [0.25, 0.3) is 0 Å². The third kappa shape index (κ3) is 3.54. The zero-order valence-electron chi connectivity index (χ0n) is 13.4. The van der Waals surface area contributed by atoms with Gasteiger partial charge in [-0.3, -0.25) is 4.68 Å². The van der Waals surface area contributed by atoms with E-state index in [1.54, 1.807) is 0 Å². The summed E-state index contributed by atoms with van der Waals surface area (Å²) in [6, 6.07) is 16.2. The van der Waals surface area contributed by atoms with Gasteiger partial charge in [-0.15, -0.1) is 0 Å². The Morgan fingerprint density at radius 2 is 1.91 bits per heavy atom. The number of ether oxygens (including phenoxy) is 1. The molecule has 2 N–H and O–H groups in total. The summed E-state index contributed by atoms with van der Waals surface area (Å²) in [6.45, 7) is 4.73. The van der Waals surface area contributed by atoms with Gasteiger partial charge >= 0.3 is 0 Å². The van der Waals surface area contributed by atoms with E-state index >= 15 is 0 Å². The van der Waals surface area contributed by atoms with Gasteiger partial charge in [0.1, 0.15) is 12.4 Å². The van der Waals surface area contributed by atoms with E-state index in [1.165, 1.54) is 0 Å². The van der Waals surface area contributed by atoms with Crippen molar-refractivity contribution in [2.45, 2.75) is 26.5 Å². The maximum absolute atomic E-state index is 6.12. The number of nitrogen functional groups attached to an aromatic ring is 1. The summed E-state index contributed by atoms with van der Waals surface area (Å²) in [5.41, 5.74) is 9.93. The van der Waals surface area contributed by atoms with Crippen molar-refractivity contribution in [3.63, 3.8) is 0 Å². The first-order chi connectivity index (χ1) is 11.1. The molecule has 0 atom stereocenters. The lowest BCUT2D eigenvalue weighted by Gasteiger charge is -2.10. The lowest BCUT2D eigenvalue weighted by atomic mass is 10.1. The highest BCUT2D eigenvalue weighted by Crippen LogP contribution is 2.30. The van der Waals surface area contributed by atoms with Crippen LogP contribution in [0.3, 0.4) is 0 Å². The number of nitrogens with zero attached hydrogens (tertiary/aromatic N) is 2. The van der Waals surface area contributed by atoms with Crippen LogP contribution >= 0.6 is 0 Å². The SMILES string of the molecule is CC(C)n1cc(-c2cc(OCc3ccccc3)ccc2N)cn1. The van der Waals surface area contributed by atoms with Crippen molar-refractivity contribution in [3.05, 3.63) is 66.5 Å². The molecule has 0 bridgehead atoms. The van der Waals surface area contributed by atoms with E-state index in [2.05, 4.69) is 18.9 Å². The minimum atomic E-state index is 0.322. The number of rotatable bonds is 5. The molecule has 2 aromatic carbocycles. The fourth-order valence-corrected chi connectivity index (χ4v) is 2.38. The zero-order chi connectivity index (χ0) is 16.2. The predicted octanol–water partition coefficient (Wildman–Crippen LogP) is 4.29. The summed E-state index contributed by atoms with van der Waals surface area (Å²) < 4.78 is 7.80. The molecule has 0 aliphatic carbocycles. The Morgan fingerprint density at radius 3 is 2.61 bits per heavy atom. The molecular formula is C19H21N3O. The maximum atomic E-state index is 6.12. The molecule has 1 heterocycles. The van der Waals surface area contributed by atoms with Crippen molar-refractivity contribution < 1.29 is 4.74 Å². The monoisotopic (exact) mass is 307 g/mol. The minimum absolute atomic E-state index is 0.322. The highest BCUT2D eigenvalue weighted by Gasteiger charge is 2.09. The molecule has 0 aliphatic heterocycles. The second-order valence-corrected chi connectivity index (χ2v) is 5.83. The molecule has 0 aliphatic rings. The van der Waals surface area contributed by atoms with Crippen LogP contribution < -0.4 is 10.5 Å². The molecule has 0 fully saturated rings. The fraction of sp³-hybridized carbons (Fsp3) is 0.211. The lowest BCUT2D eigenvalue weighted by molar-refractivity contribution is 0.306. The molecule has 23 heavy (non-hydrogen) atoms. The van der Waals surface area contributed by atoms with Gasteiger partial charge in [0.05, 0.1) is 6.20 Å². The average molecular weight is 307 g/mol. The summed E-state index contributed by atoms with van der Waals surface area (Å²) in [5, 5.41) is 4.38. The minimum Gasteiger partial charge on any atom is -0.489 e. The Kier molecular flexibility index (Phi) is 4.33.